The molecule has 0 radical (unpaired) electrons. The van der Waals surface area contributed by atoms with Crippen LogP contribution in [0, 0.1) is 0 Å². The second kappa shape index (κ2) is 7.07. The molecular weight excluding hydrogens is 318 g/mol. The summed E-state index contributed by atoms with van der Waals surface area (Å²) in [6.45, 7) is 1.15. The Bertz CT molecular complexity index is 705. The third kappa shape index (κ3) is 3.87. The highest BCUT2D eigenvalue weighted by Gasteiger charge is 2.36. The lowest BCUT2D eigenvalue weighted by atomic mass is 10.2. The highest BCUT2D eigenvalue weighted by Crippen LogP contribution is 2.33. The molecular formula is C14H19N5O3S. The number of nitrogens with zero attached hydrogens (tertiary/aromatic N) is 3. The molecule has 23 heavy (non-hydrogen) atoms. The van der Waals surface area contributed by atoms with Crippen LogP contribution in [0.2, 0.25) is 0 Å². The second-order valence-corrected chi connectivity index (χ2v) is 6.89. The monoisotopic (exact) mass is 337 g/mol. The summed E-state index contributed by atoms with van der Waals surface area (Å²) < 4.78 is 34.4. The van der Waals surface area contributed by atoms with Gasteiger partial charge in [0.1, 0.15) is 5.76 Å². The van der Waals surface area contributed by atoms with E-state index >= 15 is 0 Å². The molecule has 0 aliphatic carbocycles. The van der Waals surface area contributed by atoms with Crippen LogP contribution < -0.4 is 10.0 Å². The van der Waals surface area contributed by atoms with Crippen molar-refractivity contribution in [2.75, 3.05) is 25.0 Å². The summed E-state index contributed by atoms with van der Waals surface area (Å²) in [7, 11) is -3.55. The van der Waals surface area contributed by atoms with Crippen LogP contribution in [-0.4, -0.2) is 42.3 Å². The van der Waals surface area contributed by atoms with E-state index in [0.717, 1.165) is 12.8 Å². The van der Waals surface area contributed by atoms with E-state index in [9.17, 15) is 8.42 Å². The molecule has 0 saturated carbocycles. The normalized spacial score (nSPS) is 19.0. The molecule has 2 aromatic rings. The molecule has 1 aliphatic rings. The predicted octanol–water partition coefficient (Wildman–Crippen LogP) is 1.15. The highest BCUT2D eigenvalue weighted by atomic mass is 32.2. The van der Waals surface area contributed by atoms with Crippen LogP contribution in [0.15, 0.2) is 41.3 Å². The van der Waals surface area contributed by atoms with Gasteiger partial charge in [-0.05, 0) is 31.0 Å². The van der Waals surface area contributed by atoms with Gasteiger partial charge in [0.2, 0.25) is 5.95 Å². The van der Waals surface area contributed by atoms with Crippen LogP contribution in [0.25, 0.3) is 0 Å². The molecule has 0 spiro atoms. The Morgan fingerprint density at radius 2 is 2.09 bits per heavy atom. The molecule has 0 amide bonds. The first-order valence-corrected chi connectivity index (χ1v) is 8.91. The Morgan fingerprint density at radius 3 is 2.83 bits per heavy atom. The van der Waals surface area contributed by atoms with Gasteiger partial charge in [0.25, 0.3) is 10.2 Å². The Balaban J connectivity index is 1.54. The van der Waals surface area contributed by atoms with E-state index in [-0.39, 0.29) is 12.6 Å². The van der Waals surface area contributed by atoms with E-state index in [1.165, 1.54) is 4.31 Å². The summed E-state index contributed by atoms with van der Waals surface area (Å²) in [6, 6.07) is 5.08. The van der Waals surface area contributed by atoms with Crippen LogP contribution in [0.3, 0.4) is 0 Å². The number of aromatic nitrogens is 2. The molecule has 2 aromatic heterocycles. The lowest BCUT2D eigenvalue weighted by Gasteiger charge is -2.22. The Labute approximate surface area is 135 Å². The van der Waals surface area contributed by atoms with Crippen molar-refractivity contribution in [3.8, 4) is 0 Å². The van der Waals surface area contributed by atoms with E-state index in [0.29, 0.717) is 24.8 Å². The predicted molar refractivity (Wildman–Crippen MR) is 84.8 cm³/mol. The quantitative estimate of drug-likeness (QED) is 0.735. The fraction of sp³-hybridized carbons (Fsp3) is 0.429. The van der Waals surface area contributed by atoms with Gasteiger partial charge in [-0.15, -0.1) is 0 Å². The highest BCUT2D eigenvalue weighted by molar-refractivity contribution is 7.87. The topological polar surface area (TPSA) is 100 Å². The lowest BCUT2D eigenvalue weighted by molar-refractivity contribution is 0.336. The summed E-state index contributed by atoms with van der Waals surface area (Å²) in [5, 5.41) is 2.96. The van der Waals surface area contributed by atoms with Gasteiger partial charge in [-0.1, -0.05) is 0 Å². The molecule has 3 rings (SSSR count). The van der Waals surface area contributed by atoms with E-state index in [4.69, 9.17) is 4.42 Å². The van der Waals surface area contributed by atoms with Crippen LogP contribution in [-0.2, 0) is 10.2 Å². The first-order valence-electron chi connectivity index (χ1n) is 7.47. The van der Waals surface area contributed by atoms with Crippen LogP contribution in [0.5, 0.6) is 0 Å². The van der Waals surface area contributed by atoms with Crippen LogP contribution in [0.4, 0.5) is 5.95 Å². The fourth-order valence-corrected chi connectivity index (χ4v) is 4.06. The Hall–Kier alpha value is -1.97. The first kappa shape index (κ1) is 15.9. The summed E-state index contributed by atoms with van der Waals surface area (Å²) in [6.07, 6.45) is 6.40. The third-order valence-electron chi connectivity index (χ3n) is 3.64. The van der Waals surface area contributed by atoms with Crippen LogP contribution in [0.1, 0.15) is 24.6 Å². The molecule has 2 N–H and O–H groups in total. The average Bonchev–Trinajstić information content (AvgIpc) is 3.23. The van der Waals surface area contributed by atoms with Crippen molar-refractivity contribution in [1.29, 1.82) is 0 Å². The zero-order valence-corrected chi connectivity index (χ0v) is 13.4. The molecule has 9 heteroatoms. The minimum absolute atomic E-state index is 0.229. The lowest BCUT2D eigenvalue weighted by Crippen LogP contribution is -2.41. The molecule has 1 atom stereocenters. The first-order chi connectivity index (χ1) is 11.2. The van der Waals surface area contributed by atoms with Gasteiger partial charge < -0.3 is 9.73 Å². The standard InChI is InChI=1S/C14H19N5O3S/c20-23(21,18-9-8-17-14-15-6-3-7-16-14)19-10-1-4-12(19)13-5-2-11-22-13/h2-3,5-7,11-12,18H,1,4,8-10H2,(H,15,16,17). The molecule has 1 unspecified atom stereocenters. The SMILES string of the molecule is O=S(=O)(NCCNc1ncccn1)N1CCCC1c1ccco1. The summed E-state index contributed by atoms with van der Waals surface area (Å²) in [5.41, 5.74) is 0. The van der Waals surface area contributed by atoms with Crippen LogP contribution >= 0.6 is 0 Å². The number of furan rings is 1. The van der Waals surface area contributed by atoms with E-state index in [2.05, 4.69) is 20.0 Å². The van der Waals surface area contributed by atoms with Crippen molar-refractivity contribution in [2.45, 2.75) is 18.9 Å². The smallest absolute Gasteiger partial charge is 0.280 e. The maximum absolute atomic E-state index is 12.5. The maximum Gasteiger partial charge on any atom is 0.280 e. The third-order valence-corrected chi connectivity index (χ3v) is 5.27. The van der Waals surface area contributed by atoms with Gasteiger partial charge in [0, 0.05) is 32.0 Å². The molecule has 0 bridgehead atoms. The van der Waals surface area contributed by atoms with E-state index in [1.54, 1.807) is 30.8 Å². The van der Waals surface area contributed by atoms with E-state index < -0.39 is 10.2 Å². The zero-order chi connectivity index (χ0) is 16.1. The van der Waals surface area contributed by atoms with E-state index in [1.807, 2.05) is 6.07 Å². The van der Waals surface area contributed by atoms with Gasteiger partial charge in [0.05, 0.1) is 12.3 Å². The second-order valence-electron chi connectivity index (χ2n) is 5.18. The number of hydrogen-bond donors (Lipinski definition) is 2. The number of anilines is 1. The number of nitrogens with one attached hydrogen (secondary N) is 2. The van der Waals surface area contributed by atoms with Gasteiger partial charge in [-0.3, -0.25) is 0 Å². The summed E-state index contributed by atoms with van der Waals surface area (Å²) in [4.78, 5) is 8.03. The molecule has 3 heterocycles. The maximum atomic E-state index is 12.5. The number of rotatable bonds is 7. The zero-order valence-electron chi connectivity index (χ0n) is 12.6. The van der Waals surface area contributed by atoms with Gasteiger partial charge in [-0.2, -0.15) is 12.7 Å². The molecule has 0 aromatic carbocycles. The fourth-order valence-electron chi connectivity index (χ4n) is 2.62. The van der Waals surface area contributed by atoms with Gasteiger partial charge in [-0.25, -0.2) is 14.7 Å². The summed E-state index contributed by atoms with van der Waals surface area (Å²) >= 11 is 0. The molecule has 1 aliphatic heterocycles. The van der Waals surface area contributed by atoms with Gasteiger partial charge in [0.15, 0.2) is 0 Å². The molecule has 8 nitrogen and oxygen atoms in total. The molecule has 1 fully saturated rings. The van der Waals surface area contributed by atoms with Crippen molar-refractivity contribution >= 4 is 16.2 Å². The van der Waals surface area contributed by atoms with Crippen molar-refractivity contribution in [2.24, 2.45) is 0 Å². The van der Waals surface area contributed by atoms with Crippen molar-refractivity contribution in [3.05, 3.63) is 42.6 Å². The Kier molecular flexibility index (Phi) is 4.89. The van der Waals surface area contributed by atoms with Gasteiger partial charge >= 0.3 is 0 Å². The largest absolute Gasteiger partial charge is 0.468 e. The molecule has 124 valence electrons. The van der Waals surface area contributed by atoms with Crippen molar-refractivity contribution < 1.29 is 12.8 Å². The molecule has 1 saturated heterocycles. The van der Waals surface area contributed by atoms with Crippen molar-refractivity contribution in [1.82, 2.24) is 19.0 Å². The Morgan fingerprint density at radius 1 is 1.26 bits per heavy atom. The number of hydrogen-bond acceptors (Lipinski definition) is 6. The minimum atomic E-state index is -3.55. The summed E-state index contributed by atoms with van der Waals surface area (Å²) in [5.74, 6) is 1.16. The average molecular weight is 337 g/mol. The van der Waals surface area contributed by atoms with Crippen molar-refractivity contribution in [3.63, 3.8) is 0 Å². The minimum Gasteiger partial charge on any atom is -0.468 e.